The molecule has 11 N–H and O–H groups in total. The lowest BCUT2D eigenvalue weighted by molar-refractivity contribution is -0.142. The van der Waals surface area contributed by atoms with E-state index in [1.54, 1.807) is 6.26 Å². The number of thioether (sulfide) groups is 1. The SMILES string of the molecule is CSCCC(NC(=O)C(C)NC(=O)C(N)CC(=O)O)C(=O)NC(CCCN=C(N)N)C(=O)O. The zero-order valence-corrected chi connectivity index (χ0v) is 19.4. The second-order valence-electron chi connectivity index (χ2n) is 7.13. The molecule has 0 aliphatic rings. The molecule has 0 aromatic heterocycles. The van der Waals surface area contributed by atoms with Gasteiger partial charge < -0.3 is 43.4 Å². The van der Waals surface area contributed by atoms with E-state index in [-0.39, 0.29) is 25.3 Å². The lowest BCUT2D eigenvalue weighted by Crippen LogP contribution is -2.56. The number of carboxylic acids is 2. The molecule has 4 atom stereocenters. The number of carbonyl (C=O) groups is 5. The van der Waals surface area contributed by atoms with E-state index in [2.05, 4.69) is 20.9 Å². The van der Waals surface area contributed by atoms with Gasteiger partial charge in [0.05, 0.1) is 12.5 Å². The molecule has 0 aromatic carbocycles. The van der Waals surface area contributed by atoms with E-state index < -0.39 is 60.2 Å². The molecular weight excluding hydrogens is 458 g/mol. The van der Waals surface area contributed by atoms with Crippen LogP contribution in [0, 0.1) is 0 Å². The molecule has 0 aliphatic carbocycles. The number of hydrogen-bond acceptors (Lipinski definition) is 8. The number of rotatable bonds is 16. The molecule has 33 heavy (non-hydrogen) atoms. The van der Waals surface area contributed by atoms with Gasteiger partial charge in [0.15, 0.2) is 5.96 Å². The standard InChI is InChI=1S/C18H33N7O7S/c1-9(23-15(29)10(19)8-13(26)27)14(28)24-11(5-7-33-2)16(30)25-12(17(31)32)4-3-6-22-18(20)21/h9-12H,3-8,19H2,1-2H3,(H,23,29)(H,24,28)(H,25,30)(H,26,27)(H,31,32)(H4,20,21,22). The van der Waals surface area contributed by atoms with Gasteiger partial charge in [0, 0.05) is 6.54 Å². The van der Waals surface area contributed by atoms with Crippen LogP contribution in [0.1, 0.15) is 32.6 Å². The number of aliphatic imine (C=N–C) groups is 1. The number of amides is 3. The minimum absolute atomic E-state index is 0.0645. The van der Waals surface area contributed by atoms with Gasteiger partial charge in [-0.25, -0.2) is 4.79 Å². The van der Waals surface area contributed by atoms with Gasteiger partial charge in [-0.3, -0.25) is 24.2 Å². The highest BCUT2D eigenvalue weighted by molar-refractivity contribution is 7.98. The summed E-state index contributed by atoms with van der Waals surface area (Å²) in [5.74, 6) is -4.41. The Kier molecular flexibility index (Phi) is 14.2. The second kappa shape index (κ2) is 15.7. The lowest BCUT2D eigenvalue weighted by atomic mass is 10.1. The van der Waals surface area contributed by atoms with Gasteiger partial charge >= 0.3 is 11.9 Å². The zero-order valence-electron chi connectivity index (χ0n) is 18.6. The number of aliphatic carboxylic acids is 2. The highest BCUT2D eigenvalue weighted by Crippen LogP contribution is 2.05. The van der Waals surface area contributed by atoms with Gasteiger partial charge in [-0.15, -0.1) is 0 Å². The Morgan fingerprint density at radius 2 is 1.55 bits per heavy atom. The van der Waals surface area contributed by atoms with Crippen molar-refractivity contribution in [1.29, 1.82) is 0 Å². The molecule has 0 saturated carbocycles. The van der Waals surface area contributed by atoms with E-state index >= 15 is 0 Å². The summed E-state index contributed by atoms with van der Waals surface area (Å²) in [7, 11) is 0. The van der Waals surface area contributed by atoms with Crippen LogP contribution in [0.5, 0.6) is 0 Å². The van der Waals surface area contributed by atoms with Crippen molar-refractivity contribution in [1.82, 2.24) is 16.0 Å². The van der Waals surface area contributed by atoms with Crippen molar-refractivity contribution in [3.05, 3.63) is 0 Å². The van der Waals surface area contributed by atoms with E-state index in [9.17, 15) is 29.1 Å². The van der Waals surface area contributed by atoms with E-state index in [0.717, 1.165) is 0 Å². The van der Waals surface area contributed by atoms with Crippen LogP contribution in [-0.4, -0.2) is 88.6 Å². The summed E-state index contributed by atoms with van der Waals surface area (Å²) in [4.78, 5) is 63.0. The molecule has 0 bridgehead atoms. The minimum atomic E-state index is -1.34. The van der Waals surface area contributed by atoms with E-state index in [1.807, 2.05) is 0 Å². The maximum absolute atomic E-state index is 12.7. The zero-order chi connectivity index (χ0) is 25.6. The molecule has 4 unspecified atom stereocenters. The Bertz CT molecular complexity index is 731. The molecule has 0 heterocycles. The second-order valence-corrected chi connectivity index (χ2v) is 8.11. The highest BCUT2D eigenvalue weighted by Gasteiger charge is 2.28. The van der Waals surface area contributed by atoms with Gasteiger partial charge in [0.2, 0.25) is 17.7 Å². The van der Waals surface area contributed by atoms with Crippen LogP contribution in [0.4, 0.5) is 0 Å². The summed E-state index contributed by atoms with van der Waals surface area (Å²) >= 11 is 1.42. The third-order valence-electron chi connectivity index (χ3n) is 4.29. The number of nitrogens with zero attached hydrogens (tertiary/aromatic N) is 1. The predicted molar refractivity (Wildman–Crippen MR) is 122 cm³/mol. The van der Waals surface area contributed by atoms with E-state index in [0.29, 0.717) is 12.2 Å². The number of carbonyl (C=O) groups excluding carboxylic acids is 3. The maximum atomic E-state index is 12.7. The van der Waals surface area contributed by atoms with Crippen molar-refractivity contribution < 1.29 is 34.2 Å². The molecule has 0 aliphatic heterocycles. The number of carboxylic acid groups (broad SMARTS) is 2. The van der Waals surface area contributed by atoms with Crippen LogP contribution in [0.3, 0.4) is 0 Å². The van der Waals surface area contributed by atoms with E-state index in [4.69, 9.17) is 22.3 Å². The van der Waals surface area contributed by atoms with Crippen molar-refractivity contribution in [3.8, 4) is 0 Å². The maximum Gasteiger partial charge on any atom is 0.326 e. The predicted octanol–water partition coefficient (Wildman–Crippen LogP) is -2.85. The van der Waals surface area contributed by atoms with Crippen molar-refractivity contribution >= 4 is 47.4 Å². The Morgan fingerprint density at radius 3 is 2.06 bits per heavy atom. The summed E-state index contributed by atoms with van der Waals surface area (Å²) in [6.07, 6.45) is 1.76. The van der Waals surface area contributed by atoms with Gasteiger partial charge in [0.25, 0.3) is 0 Å². The molecule has 188 valence electrons. The van der Waals surface area contributed by atoms with Crippen LogP contribution in [0.2, 0.25) is 0 Å². The minimum Gasteiger partial charge on any atom is -0.481 e. The van der Waals surface area contributed by atoms with Gasteiger partial charge in [0.1, 0.15) is 18.1 Å². The topological polar surface area (TPSA) is 252 Å². The van der Waals surface area contributed by atoms with Crippen LogP contribution in [0.25, 0.3) is 0 Å². The number of guanidine groups is 1. The lowest BCUT2D eigenvalue weighted by Gasteiger charge is -2.23. The molecule has 0 fully saturated rings. The highest BCUT2D eigenvalue weighted by atomic mass is 32.2. The van der Waals surface area contributed by atoms with Crippen LogP contribution in [0.15, 0.2) is 4.99 Å². The summed E-state index contributed by atoms with van der Waals surface area (Å²) in [5, 5.41) is 25.2. The molecule has 0 rings (SSSR count). The Balaban J connectivity index is 5.06. The molecule has 0 radical (unpaired) electrons. The summed E-state index contributed by atoms with van der Waals surface area (Å²) in [6.45, 7) is 1.53. The quantitative estimate of drug-likeness (QED) is 0.0619. The first-order valence-electron chi connectivity index (χ1n) is 10.0. The van der Waals surface area contributed by atoms with Crippen molar-refractivity contribution in [2.45, 2.75) is 56.8 Å². The fourth-order valence-corrected chi connectivity index (χ4v) is 2.97. The van der Waals surface area contributed by atoms with Gasteiger partial charge in [-0.05, 0) is 38.2 Å². The van der Waals surface area contributed by atoms with Gasteiger partial charge in [-0.1, -0.05) is 0 Å². The van der Waals surface area contributed by atoms with Gasteiger partial charge in [-0.2, -0.15) is 11.8 Å². The molecule has 14 nitrogen and oxygen atoms in total. The van der Waals surface area contributed by atoms with Crippen LogP contribution in [-0.2, 0) is 24.0 Å². The average Bonchev–Trinajstić information content (AvgIpc) is 2.71. The Morgan fingerprint density at radius 1 is 0.939 bits per heavy atom. The first-order valence-corrected chi connectivity index (χ1v) is 11.4. The molecule has 0 spiro atoms. The number of nitrogens with two attached hydrogens (primary N) is 3. The van der Waals surface area contributed by atoms with Crippen molar-refractivity contribution in [3.63, 3.8) is 0 Å². The fourth-order valence-electron chi connectivity index (χ4n) is 2.50. The third kappa shape index (κ3) is 13.2. The normalized spacial score (nSPS) is 14.2. The number of nitrogens with one attached hydrogen (secondary N) is 3. The smallest absolute Gasteiger partial charge is 0.326 e. The fraction of sp³-hybridized carbons (Fsp3) is 0.667. The van der Waals surface area contributed by atoms with Crippen molar-refractivity contribution in [2.24, 2.45) is 22.2 Å². The largest absolute Gasteiger partial charge is 0.481 e. The van der Waals surface area contributed by atoms with Crippen LogP contribution < -0.4 is 33.2 Å². The average molecular weight is 492 g/mol. The first kappa shape index (κ1) is 29.9. The Labute approximate surface area is 195 Å². The Hall–Kier alpha value is -3.07. The summed E-state index contributed by atoms with van der Waals surface area (Å²) in [5.41, 5.74) is 15.9. The van der Waals surface area contributed by atoms with Crippen LogP contribution >= 0.6 is 11.8 Å². The first-order chi connectivity index (χ1) is 15.4. The summed E-state index contributed by atoms with van der Waals surface area (Å²) in [6, 6.07) is -4.73. The molecule has 0 saturated heterocycles. The third-order valence-corrected chi connectivity index (χ3v) is 4.93. The number of hydrogen-bond donors (Lipinski definition) is 8. The molecular formula is C18H33N7O7S. The van der Waals surface area contributed by atoms with Crippen molar-refractivity contribution in [2.75, 3.05) is 18.6 Å². The molecule has 15 heteroatoms. The molecule has 3 amide bonds. The van der Waals surface area contributed by atoms with E-state index in [1.165, 1.54) is 18.7 Å². The summed E-state index contributed by atoms with van der Waals surface area (Å²) < 4.78 is 0. The molecule has 0 aromatic rings. The monoisotopic (exact) mass is 491 g/mol.